The highest BCUT2D eigenvalue weighted by Gasteiger charge is 1.88. The van der Waals surface area contributed by atoms with Crippen LogP contribution >= 0.6 is 24.8 Å². The average Bonchev–Trinajstić information content (AvgIpc) is 1.61. The molecule has 0 aliphatic rings. The van der Waals surface area contributed by atoms with E-state index in [9.17, 15) is 0 Å². The summed E-state index contributed by atoms with van der Waals surface area (Å²) < 4.78 is 0. The van der Waals surface area contributed by atoms with Crippen LogP contribution in [-0.4, -0.2) is 6.54 Å². The molecule has 3 N–H and O–H groups in total. The van der Waals surface area contributed by atoms with Crippen molar-refractivity contribution in [2.24, 2.45) is 11.8 Å². The summed E-state index contributed by atoms with van der Waals surface area (Å²) in [4.78, 5) is 0. The van der Waals surface area contributed by atoms with Gasteiger partial charge in [-0.2, -0.15) is 0 Å². The van der Waals surface area contributed by atoms with Gasteiger partial charge in [-0.25, -0.2) is 0 Å². The zero-order valence-corrected chi connectivity index (χ0v) is 7.52. The molecule has 2 nitrogen and oxygen atoms in total. The normalized spacial score (nSPS) is 8.00. The summed E-state index contributed by atoms with van der Waals surface area (Å²) in [7, 11) is 0. The van der Waals surface area contributed by atoms with Gasteiger partial charge in [-0.15, -0.1) is 24.8 Å². The van der Waals surface area contributed by atoms with Crippen LogP contribution in [0.1, 0.15) is 20.3 Å². The van der Waals surface area contributed by atoms with Crippen molar-refractivity contribution in [1.82, 2.24) is 5.43 Å². The van der Waals surface area contributed by atoms with Crippen molar-refractivity contribution >= 4 is 24.8 Å². The highest BCUT2D eigenvalue weighted by atomic mass is 35.5. The van der Waals surface area contributed by atoms with Crippen molar-refractivity contribution < 1.29 is 0 Å². The lowest BCUT2D eigenvalue weighted by Crippen LogP contribution is -2.23. The first kappa shape index (κ1) is 16.2. The van der Waals surface area contributed by atoms with Crippen molar-refractivity contribution in [2.75, 3.05) is 6.54 Å². The number of hydrazine groups is 1. The number of nitrogens with two attached hydrogens (primary N) is 1. The van der Waals surface area contributed by atoms with E-state index in [4.69, 9.17) is 5.84 Å². The van der Waals surface area contributed by atoms with Crippen LogP contribution < -0.4 is 11.3 Å². The topological polar surface area (TPSA) is 38.0 Å². The third kappa shape index (κ3) is 17.7. The highest BCUT2D eigenvalue weighted by molar-refractivity contribution is 5.85. The van der Waals surface area contributed by atoms with E-state index in [2.05, 4.69) is 19.3 Å². The van der Waals surface area contributed by atoms with Gasteiger partial charge in [0.2, 0.25) is 0 Å². The van der Waals surface area contributed by atoms with E-state index >= 15 is 0 Å². The van der Waals surface area contributed by atoms with Gasteiger partial charge in [-0.05, 0) is 12.3 Å². The molecule has 0 bridgehead atoms. The van der Waals surface area contributed by atoms with Gasteiger partial charge in [0.05, 0.1) is 0 Å². The van der Waals surface area contributed by atoms with Crippen LogP contribution in [0.5, 0.6) is 0 Å². The Hall–Kier alpha value is 0.500. The molecule has 0 aromatic carbocycles. The minimum absolute atomic E-state index is 0. The number of nitrogens with one attached hydrogen (secondary N) is 1. The fourth-order valence-electron chi connectivity index (χ4n) is 0.372. The number of hydrogen-bond acceptors (Lipinski definition) is 2. The first-order valence-corrected chi connectivity index (χ1v) is 2.71. The Morgan fingerprint density at radius 3 is 1.89 bits per heavy atom. The van der Waals surface area contributed by atoms with Crippen molar-refractivity contribution in [2.45, 2.75) is 20.3 Å². The average molecular weight is 175 g/mol. The molecule has 0 aliphatic heterocycles. The van der Waals surface area contributed by atoms with Gasteiger partial charge in [-0.3, -0.25) is 11.3 Å². The van der Waals surface area contributed by atoms with E-state index in [1.54, 1.807) is 0 Å². The van der Waals surface area contributed by atoms with Gasteiger partial charge in [0, 0.05) is 6.54 Å². The minimum Gasteiger partial charge on any atom is -0.271 e. The van der Waals surface area contributed by atoms with E-state index in [1.165, 1.54) is 0 Å². The molecule has 0 unspecified atom stereocenters. The van der Waals surface area contributed by atoms with Crippen LogP contribution in [0.3, 0.4) is 0 Å². The molecule has 0 rings (SSSR count). The number of hydrogen-bond donors (Lipinski definition) is 2. The molecule has 0 aliphatic carbocycles. The Bertz CT molecular complexity index is 41.9. The summed E-state index contributed by atoms with van der Waals surface area (Å²) in [6.07, 6.45) is 1.16. The maximum Gasteiger partial charge on any atom is 0.00998 e. The molecule has 0 heterocycles. The molecule has 60 valence electrons. The lowest BCUT2D eigenvalue weighted by atomic mass is 10.1. The number of halogens is 2. The van der Waals surface area contributed by atoms with Crippen molar-refractivity contribution in [3.05, 3.63) is 0 Å². The molecule has 0 fully saturated rings. The van der Waals surface area contributed by atoms with Crippen LogP contribution in [0.15, 0.2) is 0 Å². The Morgan fingerprint density at radius 1 is 1.33 bits per heavy atom. The van der Waals surface area contributed by atoms with Gasteiger partial charge in [0.15, 0.2) is 0 Å². The maximum atomic E-state index is 5.03. The fourth-order valence-corrected chi connectivity index (χ4v) is 0.372. The molecule has 0 radical (unpaired) electrons. The maximum absolute atomic E-state index is 5.03. The molecule has 9 heavy (non-hydrogen) atoms. The Kier molecular flexibility index (Phi) is 20.4. The molecule has 0 aromatic heterocycles. The Morgan fingerprint density at radius 2 is 1.78 bits per heavy atom. The predicted octanol–water partition coefficient (Wildman–Crippen LogP) is 1.34. The van der Waals surface area contributed by atoms with Crippen LogP contribution in [0.2, 0.25) is 0 Å². The van der Waals surface area contributed by atoms with Crippen LogP contribution in [-0.2, 0) is 0 Å². The van der Waals surface area contributed by atoms with E-state index < -0.39 is 0 Å². The summed E-state index contributed by atoms with van der Waals surface area (Å²) in [6.45, 7) is 5.28. The summed E-state index contributed by atoms with van der Waals surface area (Å²) in [6, 6.07) is 0. The fraction of sp³-hybridized carbons (Fsp3) is 1.00. The third-order valence-electron chi connectivity index (χ3n) is 0.866. The molecule has 0 atom stereocenters. The zero-order chi connectivity index (χ0) is 5.70. The van der Waals surface area contributed by atoms with E-state index in [1.807, 2.05) is 0 Å². The lowest BCUT2D eigenvalue weighted by Gasteiger charge is -2.00. The van der Waals surface area contributed by atoms with Crippen LogP contribution in [0.25, 0.3) is 0 Å². The molecule has 0 aromatic rings. The van der Waals surface area contributed by atoms with Gasteiger partial charge >= 0.3 is 0 Å². The van der Waals surface area contributed by atoms with Gasteiger partial charge in [0.1, 0.15) is 0 Å². The second kappa shape index (κ2) is 11.3. The van der Waals surface area contributed by atoms with E-state index in [0.717, 1.165) is 18.9 Å². The summed E-state index contributed by atoms with van der Waals surface area (Å²) in [5.41, 5.74) is 2.60. The number of rotatable bonds is 3. The van der Waals surface area contributed by atoms with Crippen molar-refractivity contribution in [3.8, 4) is 0 Å². The molecule has 4 heteroatoms. The minimum atomic E-state index is 0. The smallest absolute Gasteiger partial charge is 0.00998 e. The molecule has 0 spiro atoms. The second-order valence-corrected chi connectivity index (χ2v) is 2.14. The molecule has 0 saturated heterocycles. The van der Waals surface area contributed by atoms with E-state index in [0.29, 0.717) is 0 Å². The van der Waals surface area contributed by atoms with Gasteiger partial charge in [-0.1, -0.05) is 13.8 Å². The predicted molar refractivity (Wildman–Crippen MR) is 46.1 cm³/mol. The summed E-state index contributed by atoms with van der Waals surface area (Å²) in [5, 5.41) is 0. The SMILES string of the molecule is CC(C)CCNN.Cl.Cl. The van der Waals surface area contributed by atoms with Crippen LogP contribution in [0, 0.1) is 5.92 Å². The highest BCUT2D eigenvalue weighted by Crippen LogP contribution is 1.94. The Labute approximate surface area is 69.4 Å². The molecular weight excluding hydrogens is 159 g/mol. The monoisotopic (exact) mass is 174 g/mol. The quantitative estimate of drug-likeness (QED) is 0.501. The summed E-state index contributed by atoms with van der Waals surface area (Å²) >= 11 is 0. The van der Waals surface area contributed by atoms with Crippen LogP contribution in [0.4, 0.5) is 0 Å². The van der Waals surface area contributed by atoms with Crippen molar-refractivity contribution in [3.63, 3.8) is 0 Å². The summed E-state index contributed by atoms with van der Waals surface area (Å²) in [5.74, 6) is 5.79. The van der Waals surface area contributed by atoms with Crippen molar-refractivity contribution in [1.29, 1.82) is 0 Å². The molecule has 0 amide bonds. The Balaban J connectivity index is -0.000000180. The second-order valence-electron chi connectivity index (χ2n) is 2.14. The largest absolute Gasteiger partial charge is 0.271 e. The molecule has 0 saturated carbocycles. The zero-order valence-electron chi connectivity index (χ0n) is 5.89. The van der Waals surface area contributed by atoms with Gasteiger partial charge < -0.3 is 0 Å². The standard InChI is InChI=1S/C5H14N2.2ClH/c1-5(2)3-4-7-6;;/h5,7H,3-4,6H2,1-2H3;2*1H. The lowest BCUT2D eigenvalue weighted by molar-refractivity contribution is 0.547. The van der Waals surface area contributed by atoms with Gasteiger partial charge in [0.25, 0.3) is 0 Å². The first-order chi connectivity index (χ1) is 3.27. The molecular formula is C5H16Cl2N2. The first-order valence-electron chi connectivity index (χ1n) is 2.71. The third-order valence-corrected chi connectivity index (χ3v) is 0.866. The van der Waals surface area contributed by atoms with E-state index in [-0.39, 0.29) is 24.8 Å².